The Bertz CT molecular complexity index is 3060. The van der Waals surface area contributed by atoms with Crippen LogP contribution in [0, 0.1) is 0 Å². The zero-order valence-corrected chi connectivity index (χ0v) is 25.0. The van der Waals surface area contributed by atoms with Crippen molar-refractivity contribution in [3.63, 3.8) is 0 Å². The van der Waals surface area contributed by atoms with Gasteiger partial charge in [0, 0.05) is 56.1 Å². The second-order valence-corrected chi connectivity index (χ2v) is 12.1. The highest BCUT2D eigenvalue weighted by molar-refractivity contribution is 6.28. The topological polar surface area (TPSA) is 52.9 Å². The monoisotopic (exact) mass is 600 g/mol. The van der Waals surface area contributed by atoms with Crippen molar-refractivity contribution in [1.82, 2.24) is 28.5 Å². The molecule has 11 rings (SSSR count). The van der Waals surface area contributed by atoms with Gasteiger partial charge in [0.05, 0.1) is 33.1 Å². The molecule has 11 aromatic rings. The molecule has 0 aliphatic rings. The van der Waals surface area contributed by atoms with Gasteiger partial charge in [0.25, 0.3) is 0 Å². The normalized spacial score (nSPS) is 12.3. The van der Waals surface area contributed by atoms with E-state index >= 15 is 0 Å². The van der Waals surface area contributed by atoms with Crippen LogP contribution >= 0.6 is 0 Å². The fourth-order valence-electron chi connectivity index (χ4n) is 7.78. The van der Waals surface area contributed by atoms with Gasteiger partial charge in [-0.2, -0.15) is 0 Å². The molecule has 5 aromatic carbocycles. The van der Waals surface area contributed by atoms with Crippen molar-refractivity contribution < 1.29 is 0 Å². The number of nitrogens with zero attached hydrogens (tertiary/aromatic N) is 6. The van der Waals surface area contributed by atoms with E-state index in [1.807, 2.05) is 30.6 Å². The number of benzene rings is 5. The van der Waals surface area contributed by atoms with Gasteiger partial charge in [-0.3, -0.25) is 9.38 Å². The molecule has 6 heterocycles. The predicted molar refractivity (Wildman–Crippen MR) is 192 cm³/mol. The highest BCUT2D eigenvalue weighted by atomic mass is 15.1. The Morgan fingerprint density at radius 3 is 1.94 bits per heavy atom. The number of pyridine rings is 3. The molecule has 0 N–H and O–H groups in total. The van der Waals surface area contributed by atoms with Gasteiger partial charge in [0.15, 0.2) is 5.65 Å². The lowest BCUT2D eigenvalue weighted by Crippen LogP contribution is -1.98. The van der Waals surface area contributed by atoms with E-state index in [1.54, 1.807) is 0 Å². The van der Waals surface area contributed by atoms with Crippen molar-refractivity contribution >= 4 is 82.2 Å². The number of aromatic nitrogens is 6. The molecule has 6 aromatic heterocycles. The zero-order chi connectivity index (χ0) is 30.6. The van der Waals surface area contributed by atoms with Crippen LogP contribution in [0.3, 0.4) is 0 Å². The van der Waals surface area contributed by atoms with Crippen molar-refractivity contribution in [2.45, 2.75) is 0 Å². The van der Waals surface area contributed by atoms with E-state index < -0.39 is 0 Å². The fourth-order valence-corrected chi connectivity index (χ4v) is 7.78. The van der Waals surface area contributed by atoms with Crippen LogP contribution < -0.4 is 0 Å². The minimum atomic E-state index is 0.835. The van der Waals surface area contributed by atoms with Crippen LogP contribution in [0.4, 0.5) is 0 Å². The smallest absolute Gasteiger partial charge is 0.165 e. The first-order valence-corrected chi connectivity index (χ1v) is 15.8. The fraction of sp³-hybridized carbons (Fsp3) is 0. The minimum absolute atomic E-state index is 0.835. The van der Waals surface area contributed by atoms with Gasteiger partial charge < -0.3 is 9.13 Å². The molecule has 0 aliphatic heterocycles. The lowest BCUT2D eigenvalue weighted by atomic mass is 10.0. The van der Waals surface area contributed by atoms with Crippen LogP contribution in [0.25, 0.3) is 93.6 Å². The summed E-state index contributed by atoms with van der Waals surface area (Å²) in [6, 6.07) is 47.4. The number of para-hydroxylation sites is 3. The summed E-state index contributed by atoms with van der Waals surface area (Å²) < 4.78 is 6.97. The van der Waals surface area contributed by atoms with E-state index in [0.29, 0.717) is 0 Å². The molecule has 0 spiro atoms. The minimum Gasteiger partial charge on any atom is -0.309 e. The SMILES string of the molecule is c1ccc(-n2c3ccccc3c3cc4c5ccc6c(c7ncccc7n7c8ncccc8nc67)c5n(-c5ccccc5)c4cc32)cc1. The molecule has 0 amide bonds. The summed E-state index contributed by atoms with van der Waals surface area (Å²) in [5.41, 5.74) is 11.4. The maximum atomic E-state index is 5.13. The first kappa shape index (κ1) is 24.8. The Kier molecular flexibility index (Phi) is 4.75. The molecule has 0 bridgehead atoms. The first-order valence-electron chi connectivity index (χ1n) is 15.8. The van der Waals surface area contributed by atoms with Crippen molar-refractivity contribution in [3.8, 4) is 11.4 Å². The molecular weight excluding hydrogens is 576 g/mol. The number of fused-ring (bicyclic) bond motifs is 15. The van der Waals surface area contributed by atoms with E-state index in [0.717, 1.165) is 61.0 Å². The predicted octanol–water partition coefficient (Wildman–Crippen LogP) is 9.78. The third-order valence-electron chi connectivity index (χ3n) is 9.67. The summed E-state index contributed by atoms with van der Waals surface area (Å²) in [7, 11) is 0. The lowest BCUT2D eigenvalue weighted by molar-refractivity contribution is 1.17. The van der Waals surface area contributed by atoms with Crippen LogP contribution in [0.2, 0.25) is 0 Å². The Morgan fingerprint density at radius 1 is 0.426 bits per heavy atom. The Hall–Kier alpha value is -6.53. The van der Waals surface area contributed by atoms with Crippen molar-refractivity contribution in [1.29, 1.82) is 0 Å². The molecule has 0 fully saturated rings. The molecule has 0 saturated heterocycles. The van der Waals surface area contributed by atoms with Gasteiger partial charge in [-0.15, -0.1) is 0 Å². The van der Waals surface area contributed by atoms with Gasteiger partial charge in [-0.05, 0) is 72.8 Å². The summed E-state index contributed by atoms with van der Waals surface area (Å²) in [6.45, 7) is 0. The molecule has 0 atom stereocenters. The van der Waals surface area contributed by atoms with Crippen LogP contribution in [0.15, 0.2) is 146 Å². The third-order valence-corrected chi connectivity index (χ3v) is 9.67. The van der Waals surface area contributed by atoms with Gasteiger partial charge in [0.2, 0.25) is 0 Å². The number of hydrogen-bond acceptors (Lipinski definition) is 3. The van der Waals surface area contributed by atoms with Crippen molar-refractivity contribution in [2.75, 3.05) is 0 Å². The lowest BCUT2D eigenvalue weighted by Gasteiger charge is -2.13. The van der Waals surface area contributed by atoms with Crippen molar-refractivity contribution in [2.24, 2.45) is 0 Å². The number of hydrogen-bond donors (Lipinski definition) is 0. The van der Waals surface area contributed by atoms with E-state index in [9.17, 15) is 0 Å². The second-order valence-electron chi connectivity index (χ2n) is 12.1. The van der Waals surface area contributed by atoms with Gasteiger partial charge in [-0.25, -0.2) is 9.97 Å². The molecule has 0 aliphatic carbocycles. The molecule has 47 heavy (non-hydrogen) atoms. The Morgan fingerprint density at radius 2 is 1.09 bits per heavy atom. The van der Waals surface area contributed by atoms with Crippen LogP contribution in [-0.2, 0) is 0 Å². The van der Waals surface area contributed by atoms with E-state index in [2.05, 4.69) is 129 Å². The van der Waals surface area contributed by atoms with E-state index in [1.165, 1.54) is 32.6 Å². The van der Waals surface area contributed by atoms with Crippen LogP contribution in [0.1, 0.15) is 0 Å². The van der Waals surface area contributed by atoms with Crippen LogP contribution in [0.5, 0.6) is 0 Å². The zero-order valence-electron chi connectivity index (χ0n) is 25.0. The third kappa shape index (κ3) is 3.21. The molecule has 0 radical (unpaired) electrons. The molecule has 0 unspecified atom stereocenters. The summed E-state index contributed by atoms with van der Waals surface area (Å²) in [5, 5.41) is 6.98. The molecule has 6 heteroatoms. The summed E-state index contributed by atoms with van der Waals surface area (Å²) >= 11 is 0. The molecular formula is C41H24N6. The van der Waals surface area contributed by atoms with E-state index in [-0.39, 0.29) is 0 Å². The average Bonchev–Trinajstić information content (AvgIpc) is 3.79. The summed E-state index contributed by atoms with van der Waals surface area (Å²) in [4.78, 5) is 14.9. The largest absolute Gasteiger partial charge is 0.309 e. The Labute approximate surface area is 267 Å². The highest BCUT2D eigenvalue weighted by Gasteiger charge is 2.23. The second kappa shape index (κ2) is 9.02. The number of imidazole rings is 1. The summed E-state index contributed by atoms with van der Waals surface area (Å²) in [6.07, 6.45) is 3.72. The molecule has 6 nitrogen and oxygen atoms in total. The maximum absolute atomic E-state index is 5.13. The molecule has 0 saturated carbocycles. The van der Waals surface area contributed by atoms with E-state index in [4.69, 9.17) is 15.0 Å². The highest BCUT2D eigenvalue weighted by Crippen LogP contribution is 2.43. The van der Waals surface area contributed by atoms with Gasteiger partial charge >= 0.3 is 0 Å². The van der Waals surface area contributed by atoms with Gasteiger partial charge in [-0.1, -0.05) is 60.7 Å². The van der Waals surface area contributed by atoms with Crippen molar-refractivity contribution in [3.05, 3.63) is 146 Å². The number of rotatable bonds is 2. The first-order chi connectivity index (χ1) is 23.3. The quantitative estimate of drug-likeness (QED) is 0.186. The average molecular weight is 601 g/mol. The van der Waals surface area contributed by atoms with Gasteiger partial charge in [0.1, 0.15) is 11.2 Å². The standard InChI is InChI=1S/C41H24N6/c1-3-11-25(12-4-1)45-33-17-8-7-15-27(33)30-23-31-28-19-20-29-37(39(28)46(36(31)24-35(30)45)26-13-5-2-6-14-26)38-34(18-10-21-42-38)47-40(29)44-32-16-9-22-43-41(32)47/h1-24H. The Balaban J connectivity index is 1.41. The maximum Gasteiger partial charge on any atom is 0.165 e. The van der Waals surface area contributed by atoms with Crippen LogP contribution in [-0.4, -0.2) is 28.5 Å². The summed E-state index contributed by atoms with van der Waals surface area (Å²) in [5.74, 6) is 0. The molecule has 218 valence electrons.